The van der Waals surface area contributed by atoms with E-state index in [2.05, 4.69) is 4.72 Å². The van der Waals surface area contributed by atoms with Crippen LogP contribution in [0.4, 0.5) is 5.69 Å². The molecule has 7 nitrogen and oxygen atoms in total. The first-order valence-electron chi connectivity index (χ1n) is 5.90. The molecule has 1 aromatic rings. The Morgan fingerprint density at radius 2 is 2.10 bits per heavy atom. The lowest BCUT2D eigenvalue weighted by molar-refractivity contribution is -0.384. The number of nitrogens with zero attached hydrogens (tertiary/aromatic N) is 1. The number of nitrogens with one attached hydrogen (secondary N) is 1. The van der Waals surface area contributed by atoms with Crippen LogP contribution in [0.3, 0.4) is 0 Å². The summed E-state index contributed by atoms with van der Waals surface area (Å²) in [5, 5.41) is 20.2. The van der Waals surface area contributed by atoms with Gasteiger partial charge in [-0.15, -0.1) is 0 Å². The average molecular weight is 321 g/mol. The minimum Gasteiger partial charge on any atom is -0.389 e. The van der Waals surface area contributed by atoms with Gasteiger partial charge in [0.05, 0.1) is 15.5 Å². The molecule has 0 atom stereocenters. The van der Waals surface area contributed by atoms with Crippen LogP contribution in [0.15, 0.2) is 23.1 Å². The molecule has 110 valence electrons. The number of aliphatic hydroxyl groups is 1. The Morgan fingerprint density at radius 3 is 2.55 bits per heavy atom. The van der Waals surface area contributed by atoms with E-state index < -0.39 is 20.5 Å². The van der Waals surface area contributed by atoms with Crippen molar-refractivity contribution in [2.24, 2.45) is 0 Å². The van der Waals surface area contributed by atoms with Gasteiger partial charge in [-0.1, -0.05) is 11.6 Å². The summed E-state index contributed by atoms with van der Waals surface area (Å²) in [5.41, 5.74) is -1.29. The monoisotopic (exact) mass is 320 g/mol. The van der Waals surface area contributed by atoms with E-state index in [0.29, 0.717) is 12.8 Å². The van der Waals surface area contributed by atoms with E-state index in [1.54, 1.807) is 0 Å². The number of hydrogen-bond donors (Lipinski definition) is 2. The van der Waals surface area contributed by atoms with Gasteiger partial charge >= 0.3 is 0 Å². The van der Waals surface area contributed by atoms with Crippen molar-refractivity contribution in [3.05, 3.63) is 33.3 Å². The van der Waals surface area contributed by atoms with Crippen molar-refractivity contribution >= 4 is 27.3 Å². The second-order valence-corrected chi connectivity index (χ2v) is 6.92. The Hall–Kier alpha value is -1.22. The van der Waals surface area contributed by atoms with Gasteiger partial charge in [-0.05, 0) is 25.3 Å². The lowest BCUT2D eigenvalue weighted by atomic mass is 9.81. The summed E-state index contributed by atoms with van der Waals surface area (Å²) in [5.74, 6) is 0. The van der Waals surface area contributed by atoms with Crippen LogP contribution in [0.1, 0.15) is 19.3 Å². The van der Waals surface area contributed by atoms with Crippen LogP contribution in [0.5, 0.6) is 0 Å². The molecule has 1 aliphatic rings. The Morgan fingerprint density at radius 1 is 1.45 bits per heavy atom. The van der Waals surface area contributed by atoms with Crippen LogP contribution in [0.2, 0.25) is 5.02 Å². The molecule has 1 aliphatic carbocycles. The van der Waals surface area contributed by atoms with Gasteiger partial charge in [-0.3, -0.25) is 10.1 Å². The molecule has 20 heavy (non-hydrogen) atoms. The number of rotatable bonds is 5. The summed E-state index contributed by atoms with van der Waals surface area (Å²) < 4.78 is 26.4. The molecule has 0 saturated heterocycles. The predicted octanol–water partition coefficient (Wildman–Crippen LogP) is 1.44. The van der Waals surface area contributed by atoms with Crippen LogP contribution >= 0.6 is 11.6 Å². The highest BCUT2D eigenvalue weighted by Crippen LogP contribution is 2.31. The second kappa shape index (κ2) is 5.28. The molecule has 0 amide bonds. The van der Waals surface area contributed by atoms with Crippen molar-refractivity contribution < 1.29 is 18.4 Å². The third kappa shape index (κ3) is 3.09. The highest BCUT2D eigenvalue weighted by Gasteiger charge is 2.35. The molecule has 1 fully saturated rings. The van der Waals surface area contributed by atoms with E-state index >= 15 is 0 Å². The molecule has 0 heterocycles. The highest BCUT2D eigenvalue weighted by atomic mass is 35.5. The first-order valence-corrected chi connectivity index (χ1v) is 7.76. The molecule has 0 unspecified atom stereocenters. The lowest BCUT2D eigenvalue weighted by Gasteiger charge is -2.36. The SMILES string of the molecule is O=[N+]([O-])c1ccc(S(=O)(=O)NCC2(O)CCC2)c(Cl)c1. The lowest BCUT2D eigenvalue weighted by Crippen LogP contribution is -2.47. The minimum absolute atomic E-state index is 0.0946. The average Bonchev–Trinajstić information content (AvgIpc) is 2.33. The third-order valence-corrected chi connectivity index (χ3v) is 5.18. The van der Waals surface area contributed by atoms with Crippen LogP contribution in [-0.2, 0) is 10.0 Å². The Kier molecular flexibility index (Phi) is 4.01. The fourth-order valence-corrected chi connectivity index (χ4v) is 3.55. The maximum absolute atomic E-state index is 12.0. The van der Waals surface area contributed by atoms with E-state index in [9.17, 15) is 23.6 Å². The molecule has 0 bridgehead atoms. The second-order valence-electron chi connectivity index (χ2n) is 4.77. The zero-order chi connectivity index (χ0) is 15.0. The molecule has 0 aromatic heterocycles. The van der Waals surface area contributed by atoms with Crippen LogP contribution < -0.4 is 4.72 Å². The summed E-state index contributed by atoms with van der Waals surface area (Å²) in [6.45, 7) is -0.0946. The summed E-state index contributed by atoms with van der Waals surface area (Å²) in [7, 11) is -3.91. The topological polar surface area (TPSA) is 110 Å². The van der Waals surface area contributed by atoms with Gasteiger partial charge in [-0.25, -0.2) is 13.1 Å². The maximum atomic E-state index is 12.0. The highest BCUT2D eigenvalue weighted by molar-refractivity contribution is 7.89. The minimum atomic E-state index is -3.91. The van der Waals surface area contributed by atoms with Gasteiger partial charge in [0, 0.05) is 18.7 Å². The molecular formula is C11H13ClN2O5S. The van der Waals surface area contributed by atoms with Gasteiger partial charge in [0.25, 0.3) is 5.69 Å². The van der Waals surface area contributed by atoms with E-state index in [-0.39, 0.29) is 22.2 Å². The molecule has 0 spiro atoms. The fourth-order valence-electron chi connectivity index (χ4n) is 1.89. The van der Waals surface area contributed by atoms with Gasteiger partial charge in [0.15, 0.2) is 0 Å². The van der Waals surface area contributed by atoms with Crippen molar-refractivity contribution in [2.75, 3.05) is 6.54 Å². The smallest absolute Gasteiger partial charge is 0.271 e. The standard InChI is InChI=1S/C11H13ClN2O5S/c12-9-6-8(14(16)17)2-3-10(9)20(18,19)13-7-11(15)4-1-5-11/h2-3,6,13,15H,1,4-5,7H2. The molecular weight excluding hydrogens is 308 g/mol. The molecule has 1 saturated carbocycles. The zero-order valence-electron chi connectivity index (χ0n) is 10.4. The van der Waals surface area contributed by atoms with Crippen molar-refractivity contribution in [3.8, 4) is 0 Å². The summed E-state index contributed by atoms with van der Waals surface area (Å²) in [4.78, 5) is 9.66. The molecule has 0 aliphatic heterocycles. The van der Waals surface area contributed by atoms with Crippen molar-refractivity contribution in [1.29, 1.82) is 0 Å². The molecule has 2 N–H and O–H groups in total. The van der Waals surface area contributed by atoms with Crippen molar-refractivity contribution in [2.45, 2.75) is 29.8 Å². The Labute approximate surface area is 120 Å². The van der Waals surface area contributed by atoms with Crippen LogP contribution in [0, 0.1) is 10.1 Å². The number of nitro groups is 1. The van der Waals surface area contributed by atoms with E-state index in [0.717, 1.165) is 24.6 Å². The van der Waals surface area contributed by atoms with Gasteiger partial charge < -0.3 is 5.11 Å². The number of sulfonamides is 1. The number of halogens is 1. The largest absolute Gasteiger partial charge is 0.389 e. The van der Waals surface area contributed by atoms with Crippen LogP contribution in [-0.4, -0.2) is 30.6 Å². The zero-order valence-corrected chi connectivity index (χ0v) is 11.9. The molecule has 1 aromatic carbocycles. The molecule has 2 rings (SSSR count). The Bertz CT molecular complexity index is 642. The van der Waals surface area contributed by atoms with Crippen molar-refractivity contribution in [3.63, 3.8) is 0 Å². The van der Waals surface area contributed by atoms with Gasteiger partial charge in [0.1, 0.15) is 4.90 Å². The fraction of sp³-hybridized carbons (Fsp3) is 0.455. The van der Waals surface area contributed by atoms with Crippen LogP contribution in [0.25, 0.3) is 0 Å². The van der Waals surface area contributed by atoms with E-state index in [1.165, 1.54) is 0 Å². The van der Waals surface area contributed by atoms with E-state index in [4.69, 9.17) is 11.6 Å². The maximum Gasteiger partial charge on any atom is 0.271 e. The number of non-ortho nitro benzene ring substituents is 1. The number of nitro benzene ring substituents is 1. The van der Waals surface area contributed by atoms with Crippen molar-refractivity contribution in [1.82, 2.24) is 4.72 Å². The Balaban J connectivity index is 2.18. The number of hydrogen-bond acceptors (Lipinski definition) is 5. The van der Waals surface area contributed by atoms with Gasteiger partial charge in [0.2, 0.25) is 10.0 Å². The predicted molar refractivity (Wildman–Crippen MR) is 72.1 cm³/mol. The summed E-state index contributed by atoms with van der Waals surface area (Å²) >= 11 is 5.77. The molecule has 0 radical (unpaired) electrons. The first kappa shape index (κ1) is 15.2. The number of benzene rings is 1. The normalized spacial score (nSPS) is 17.5. The van der Waals surface area contributed by atoms with Gasteiger partial charge in [-0.2, -0.15) is 0 Å². The third-order valence-electron chi connectivity index (χ3n) is 3.29. The molecule has 9 heteroatoms. The quantitative estimate of drug-likeness (QED) is 0.630. The summed E-state index contributed by atoms with van der Waals surface area (Å²) in [6, 6.07) is 3.13. The summed E-state index contributed by atoms with van der Waals surface area (Å²) in [6.07, 6.45) is 1.95. The first-order chi connectivity index (χ1) is 9.23. The van der Waals surface area contributed by atoms with E-state index in [1.807, 2.05) is 0 Å².